The number of thioether (sulfide) groups is 1. The predicted molar refractivity (Wildman–Crippen MR) is 84.4 cm³/mol. The van der Waals surface area contributed by atoms with Crippen LogP contribution in [0.25, 0.3) is 6.08 Å². The molecule has 19 heavy (non-hydrogen) atoms. The summed E-state index contributed by atoms with van der Waals surface area (Å²) in [5.41, 5.74) is 1.07. The number of carbonyl (C=O) groups excluding carboxylic acids is 1. The molecule has 1 amide bonds. The zero-order chi connectivity index (χ0) is 14.1. The van der Waals surface area contributed by atoms with Gasteiger partial charge in [0.15, 0.2) is 0 Å². The van der Waals surface area contributed by atoms with Crippen LogP contribution in [-0.4, -0.2) is 30.2 Å². The summed E-state index contributed by atoms with van der Waals surface area (Å²) in [6.45, 7) is 5.78. The summed E-state index contributed by atoms with van der Waals surface area (Å²) in [5.74, 6) is 0.102. The van der Waals surface area contributed by atoms with E-state index in [1.807, 2.05) is 30.0 Å². The second kappa shape index (κ2) is 8.81. The molecule has 0 fully saturated rings. The molecule has 0 N–H and O–H groups in total. The Balaban J connectivity index is 2.60. The zero-order valence-electron chi connectivity index (χ0n) is 12.1. The largest absolute Gasteiger partial charge is 0.339 e. The Morgan fingerprint density at radius 3 is 2.47 bits per heavy atom. The molecular formula is C16H23NOS. The normalized spacial score (nSPS) is 10.9. The van der Waals surface area contributed by atoms with Gasteiger partial charge in [0.1, 0.15) is 0 Å². The lowest BCUT2D eigenvalue weighted by molar-refractivity contribution is -0.125. The average Bonchev–Trinajstić information content (AvgIpc) is 2.46. The highest BCUT2D eigenvalue weighted by Crippen LogP contribution is 2.15. The number of hydrogen-bond acceptors (Lipinski definition) is 2. The lowest BCUT2D eigenvalue weighted by Gasteiger charge is -2.18. The van der Waals surface area contributed by atoms with Crippen LogP contribution in [0.15, 0.2) is 35.2 Å². The van der Waals surface area contributed by atoms with Crippen molar-refractivity contribution >= 4 is 23.7 Å². The summed E-state index contributed by atoms with van der Waals surface area (Å²) in [4.78, 5) is 15.1. The minimum Gasteiger partial charge on any atom is -0.339 e. The van der Waals surface area contributed by atoms with E-state index >= 15 is 0 Å². The molecule has 0 spiro atoms. The van der Waals surface area contributed by atoms with Crippen molar-refractivity contribution in [2.45, 2.75) is 31.6 Å². The molecule has 0 heterocycles. The van der Waals surface area contributed by atoms with Crippen LogP contribution in [0.2, 0.25) is 0 Å². The zero-order valence-corrected chi connectivity index (χ0v) is 12.9. The van der Waals surface area contributed by atoms with Crippen LogP contribution in [-0.2, 0) is 4.79 Å². The van der Waals surface area contributed by atoms with Gasteiger partial charge < -0.3 is 4.90 Å². The number of unbranched alkanes of at least 4 members (excludes halogenated alkanes) is 1. The van der Waals surface area contributed by atoms with Crippen LogP contribution in [0.3, 0.4) is 0 Å². The molecule has 0 saturated carbocycles. The molecule has 0 aliphatic carbocycles. The van der Waals surface area contributed by atoms with Crippen molar-refractivity contribution in [3.63, 3.8) is 0 Å². The van der Waals surface area contributed by atoms with Crippen molar-refractivity contribution in [1.29, 1.82) is 0 Å². The van der Waals surface area contributed by atoms with E-state index < -0.39 is 0 Å². The molecule has 2 nitrogen and oxygen atoms in total. The first kappa shape index (κ1) is 15.8. The van der Waals surface area contributed by atoms with E-state index in [2.05, 4.69) is 25.3 Å². The fraction of sp³-hybridized carbons (Fsp3) is 0.438. The number of nitrogens with zero attached hydrogens (tertiary/aromatic N) is 1. The van der Waals surface area contributed by atoms with E-state index in [9.17, 15) is 4.79 Å². The SMILES string of the molecule is CCCCN(CC)C(=O)/C=C/c1ccc(SC)cc1. The Morgan fingerprint density at radius 2 is 1.95 bits per heavy atom. The standard InChI is InChI=1S/C16H23NOS/c1-4-6-13-17(5-2)16(18)12-9-14-7-10-15(19-3)11-8-14/h7-12H,4-6,13H2,1-3H3/b12-9+. The van der Waals surface area contributed by atoms with Gasteiger partial charge in [-0.25, -0.2) is 0 Å². The fourth-order valence-corrected chi connectivity index (χ4v) is 2.17. The highest BCUT2D eigenvalue weighted by molar-refractivity contribution is 7.98. The quantitative estimate of drug-likeness (QED) is 0.553. The number of hydrogen-bond donors (Lipinski definition) is 0. The molecule has 0 atom stereocenters. The van der Waals surface area contributed by atoms with E-state index in [0.717, 1.165) is 31.5 Å². The van der Waals surface area contributed by atoms with Gasteiger partial charge in [0, 0.05) is 24.1 Å². The summed E-state index contributed by atoms with van der Waals surface area (Å²) >= 11 is 1.72. The molecule has 0 saturated heterocycles. The highest BCUT2D eigenvalue weighted by Gasteiger charge is 2.06. The van der Waals surface area contributed by atoms with Crippen LogP contribution in [0.5, 0.6) is 0 Å². The summed E-state index contributed by atoms with van der Waals surface area (Å²) in [5, 5.41) is 0. The first-order valence-electron chi connectivity index (χ1n) is 6.82. The predicted octanol–water partition coefficient (Wildman–Crippen LogP) is 4.07. The smallest absolute Gasteiger partial charge is 0.246 e. The van der Waals surface area contributed by atoms with E-state index in [1.54, 1.807) is 17.8 Å². The summed E-state index contributed by atoms with van der Waals surface area (Å²) in [7, 11) is 0. The van der Waals surface area contributed by atoms with Crippen LogP contribution in [0.4, 0.5) is 0 Å². The molecule has 0 unspecified atom stereocenters. The lowest BCUT2D eigenvalue weighted by Crippen LogP contribution is -2.30. The molecule has 0 aliphatic heterocycles. The van der Waals surface area contributed by atoms with E-state index in [4.69, 9.17) is 0 Å². The number of carbonyl (C=O) groups is 1. The average molecular weight is 277 g/mol. The first-order chi connectivity index (χ1) is 9.21. The Morgan fingerprint density at radius 1 is 1.26 bits per heavy atom. The van der Waals surface area contributed by atoms with Crippen molar-refractivity contribution in [1.82, 2.24) is 4.90 Å². The van der Waals surface area contributed by atoms with Crippen LogP contribution in [0.1, 0.15) is 32.3 Å². The second-order valence-electron chi connectivity index (χ2n) is 4.38. The molecule has 0 aromatic heterocycles. The minimum absolute atomic E-state index is 0.102. The van der Waals surface area contributed by atoms with Crippen molar-refractivity contribution in [2.75, 3.05) is 19.3 Å². The third-order valence-electron chi connectivity index (χ3n) is 3.01. The maximum Gasteiger partial charge on any atom is 0.246 e. The minimum atomic E-state index is 0.102. The van der Waals surface area contributed by atoms with Crippen LogP contribution >= 0.6 is 11.8 Å². The number of likely N-dealkylation sites (N-methyl/N-ethyl adjacent to an activating group) is 1. The van der Waals surface area contributed by atoms with Gasteiger partial charge in [0.25, 0.3) is 0 Å². The number of rotatable bonds is 7. The second-order valence-corrected chi connectivity index (χ2v) is 5.26. The van der Waals surface area contributed by atoms with Gasteiger partial charge in [0.2, 0.25) is 5.91 Å². The van der Waals surface area contributed by atoms with Gasteiger partial charge in [0.05, 0.1) is 0 Å². The molecule has 3 heteroatoms. The van der Waals surface area contributed by atoms with Gasteiger partial charge in [-0.1, -0.05) is 25.5 Å². The highest BCUT2D eigenvalue weighted by atomic mass is 32.2. The molecular weight excluding hydrogens is 254 g/mol. The Kier molecular flexibility index (Phi) is 7.34. The third kappa shape index (κ3) is 5.52. The van der Waals surface area contributed by atoms with Gasteiger partial charge in [-0.2, -0.15) is 0 Å². The van der Waals surface area contributed by atoms with E-state index in [1.165, 1.54) is 4.90 Å². The van der Waals surface area contributed by atoms with Crippen molar-refractivity contribution in [3.8, 4) is 0 Å². The van der Waals surface area contributed by atoms with E-state index in [-0.39, 0.29) is 5.91 Å². The molecule has 0 bridgehead atoms. The van der Waals surface area contributed by atoms with Crippen LogP contribution < -0.4 is 0 Å². The van der Waals surface area contributed by atoms with Crippen molar-refractivity contribution < 1.29 is 4.79 Å². The Bertz CT molecular complexity index is 411. The fourth-order valence-electron chi connectivity index (χ4n) is 1.76. The molecule has 104 valence electrons. The third-order valence-corrected chi connectivity index (χ3v) is 3.75. The Labute approximate surface area is 120 Å². The molecule has 1 aromatic carbocycles. The van der Waals surface area contributed by atoms with Gasteiger partial charge >= 0.3 is 0 Å². The maximum atomic E-state index is 12.0. The van der Waals surface area contributed by atoms with Gasteiger partial charge in [-0.15, -0.1) is 11.8 Å². The van der Waals surface area contributed by atoms with Gasteiger partial charge in [-0.3, -0.25) is 4.79 Å². The van der Waals surface area contributed by atoms with Crippen molar-refractivity contribution in [3.05, 3.63) is 35.9 Å². The summed E-state index contributed by atoms with van der Waals surface area (Å²) in [6.07, 6.45) is 7.80. The first-order valence-corrected chi connectivity index (χ1v) is 8.04. The van der Waals surface area contributed by atoms with Gasteiger partial charge in [-0.05, 0) is 43.4 Å². The molecule has 1 rings (SSSR count). The summed E-state index contributed by atoms with van der Waals surface area (Å²) in [6, 6.07) is 8.23. The molecule has 1 aromatic rings. The summed E-state index contributed by atoms with van der Waals surface area (Å²) < 4.78 is 0. The molecule has 0 aliphatic rings. The monoisotopic (exact) mass is 277 g/mol. The molecule has 0 radical (unpaired) electrons. The maximum absolute atomic E-state index is 12.0. The topological polar surface area (TPSA) is 20.3 Å². The van der Waals surface area contributed by atoms with Crippen LogP contribution in [0, 0.1) is 0 Å². The number of benzene rings is 1. The van der Waals surface area contributed by atoms with E-state index in [0.29, 0.717) is 0 Å². The Hall–Kier alpha value is -1.22. The lowest BCUT2D eigenvalue weighted by atomic mass is 10.2. The van der Waals surface area contributed by atoms with Crippen molar-refractivity contribution in [2.24, 2.45) is 0 Å². The number of amides is 1.